The van der Waals surface area contributed by atoms with Gasteiger partial charge in [0, 0.05) is 11.5 Å². The van der Waals surface area contributed by atoms with Crippen molar-refractivity contribution in [2.24, 2.45) is 5.92 Å². The molecule has 0 saturated heterocycles. The van der Waals surface area contributed by atoms with Crippen molar-refractivity contribution in [3.63, 3.8) is 0 Å². The normalized spacial score (nSPS) is 12.0. The van der Waals surface area contributed by atoms with Crippen LogP contribution in [0.25, 0.3) is 6.08 Å². The number of hydrogen-bond acceptors (Lipinski definition) is 7. The molecule has 0 fully saturated rings. The monoisotopic (exact) mass is 394 g/mol. The van der Waals surface area contributed by atoms with E-state index in [1.807, 2.05) is 0 Å². The zero-order chi connectivity index (χ0) is 19.3. The van der Waals surface area contributed by atoms with Crippen LogP contribution in [0.15, 0.2) is 35.0 Å². The number of carbonyl (C=O) groups is 1. The number of carbonyl (C=O) groups excluding carboxylic acids is 1. The van der Waals surface area contributed by atoms with Crippen LogP contribution in [-0.4, -0.2) is 29.4 Å². The highest BCUT2D eigenvalue weighted by Crippen LogP contribution is 2.18. The molecule has 0 radical (unpaired) electrons. The van der Waals surface area contributed by atoms with Gasteiger partial charge in [-0.15, -0.1) is 0 Å². The van der Waals surface area contributed by atoms with Crippen molar-refractivity contribution < 1.29 is 17.6 Å². The predicted molar refractivity (Wildman–Crippen MR) is 95.4 cm³/mol. The second-order valence-corrected chi connectivity index (χ2v) is 8.41. The van der Waals surface area contributed by atoms with Crippen LogP contribution in [0.3, 0.4) is 0 Å². The van der Waals surface area contributed by atoms with Gasteiger partial charge in [0.25, 0.3) is 11.1 Å². The number of hydrogen-bond donors (Lipinski definition) is 1. The Morgan fingerprint density at radius 2 is 2.04 bits per heavy atom. The molecular weight excluding hydrogens is 379 g/mol. The summed E-state index contributed by atoms with van der Waals surface area (Å²) in [6.45, 7) is 3.51. The average molecular weight is 394 g/mol. The summed E-state index contributed by atoms with van der Waals surface area (Å²) in [4.78, 5) is 16.0. The van der Waals surface area contributed by atoms with E-state index in [2.05, 4.69) is 14.7 Å². The van der Waals surface area contributed by atoms with Crippen molar-refractivity contribution in [1.82, 2.24) is 9.36 Å². The fourth-order valence-corrected chi connectivity index (χ4v) is 4.29. The van der Waals surface area contributed by atoms with Crippen molar-refractivity contribution in [2.75, 3.05) is 11.1 Å². The smallest absolute Gasteiger partial charge is 0.268 e. The molecule has 1 aromatic carbocycles. The Balaban J connectivity index is 2.16. The molecule has 0 atom stereocenters. The zero-order valence-electron chi connectivity index (χ0n) is 13.9. The lowest BCUT2D eigenvalue weighted by molar-refractivity contribution is -0.112. The van der Waals surface area contributed by atoms with E-state index in [-0.39, 0.29) is 27.5 Å². The lowest BCUT2D eigenvalue weighted by Gasteiger charge is -2.02. The number of anilines is 1. The molecule has 7 nitrogen and oxygen atoms in total. The summed E-state index contributed by atoms with van der Waals surface area (Å²) < 4.78 is 40.8. The molecule has 0 spiro atoms. The molecule has 1 amide bonds. The third-order valence-electron chi connectivity index (χ3n) is 3.00. The summed E-state index contributed by atoms with van der Waals surface area (Å²) in [6, 6.07) is 6.99. The molecule has 10 heteroatoms. The van der Waals surface area contributed by atoms with Crippen LogP contribution in [0, 0.1) is 23.1 Å². The summed E-state index contributed by atoms with van der Waals surface area (Å²) in [7, 11) is -3.63. The van der Waals surface area contributed by atoms with Crippen molar-refractivity contribution >= 4 is 38.5 Å². The van der Waals surface area contributed by atoms with E-state index in [1.54, 1.807) is 19.9 Å². The Morgan fingerprint density at radius 3 is 2.62 bits per heavy atom. The van der Waals surface area contributed by atoms with Gasteiger partial charge in [-0.1, -0.05) is 26.0 Å². The first kappa shape index (κ1) is 19.7. The molecule has 1 aromatic heterocycles. The van der Waals surface area contributed by atoms with E-state index in [0.717, 1.165) is 0 Å². The zero-order valence-corrected chi connectivity index (χ0v) is 15.6. The molecule has 26 heavy (non-hydrogen) atoms. The highest BCUT2D eigenvalue weighted by Gasteiger charge is 2.23. The Kier molecular flexibility index (Phi) is 6.18. The summed E-state index contributed by atoms with van der Waals surface area (Å²) in [6.07, 6.45) is 1.28. The molecule has 0 aliphatic rings. The van der Waals surface area contributed by atoms with Gasteiger partial charge in [0.1, 0.15) is 17.5 Å². The van der Waals surface area contributed by atoms with Crippen LogP contribution in [0.4, 0.5) is 9.52 Å². The third-order valence-corrected chi connectivity index (χ3v) is 5.60. The predicted octanol–water partition coefficient (Wildman–Crippen LogP) is 2.65. The van der Waals surface area contributed by atoms with Crippen molar-refractivity contribution in [3.05, 3.63) is 41.2 Å². The molecular formula is C16H15FN4O3S2. The van der Waals surface area contributed by atoms with E-state index >= 15 is 0 Å². The standard InChI is InChI=1S/C16H15FN4O3S2/c1-10(2)9-26(23,24)16-20-15(25-21-16)19-14(22)12(8-18)7-11-3-5-13(17)6-4-11/h3-7,10H,9H2,1-2H3,(H,19,20,21,22)/b12-7-. The van der Waals surface area contributed by atoms with Gasteiger partial charge in [0.2, 0.25) is 15.0 Å². The van der Waals surface area contributed by atoms with Gasteiger partial charge in [0.05, 0.1) is 5.75 Å². The number of aromatic nitrogens is 2. The average Bonchev–Trinajstić information content (AvgIpc) is 3.02. The van der Waals surface area contributed by atoms with Crippen LogP contribution < -0.4 is 5.32 Å². The number of amides is 1. The van der Waals surface area contributed by atoms with Crippen molar-refractivity contribution in [3.8, 4) is 6.07 Å². The lowest BCUT2D eigenvalue weighted by atomic mass is 10.1. The van der Waals surface area contributed by atoms with E-state index in [0.29, 0.717) is 17.1 Å². The summed E-state index contributed by atoms with van der Waals surface area (Å²) in [5, 5.41) is 11.1. The molecule has 2 aromatic rings. The molecule has 0 aliphatic heterocycles. The first-order chi connectivity index (χ1) is 12.2. The molecule has 1 N–H and O–H groups in total. The quantitative estimate of drug-likeness (QED) is 0.595. The fourth-order valence-electron chi connectivity index (χ4n) is 1.94. The maximum absolute atomic E-state index is 12.9. The number of rotatable bonds is 6. The summed E-state index contributed by atoms with van der Waals surface area (Å²) >= 11 is 0.710. The first-order valence-electron chi connectivity index (χ1n) is 7.46. The summed E-state index contributed by atoms with van der Waals surface area (Å²) in [5.74, 6) is -1.40. The molecule has 0 aliphatic carbocycles. The molecule has 0 bridgehead atoms. The highest BCUT2D eigenvalue weighted by molar-refractivity contribution is 7.91. The number of nitrogens with one attached hydrogen (secondary N) is 1. The minimum Gasteiger partial charge on any atom is -0.296 e. The lowest BCUT2D eigenvalue weighted by Crippen LogP contribution is -2.15. The first-order valence-corrected chi connectivity index (χ1v) is 9.89. The van der Waals surface area contributed by atoms with Crippen LogP contribution in [0.5, 0.6) is 0 Å². The number of sulfone groups is 1. The van der Waals surface area contributed by atoms with E-state index in [9.17, 15) is 17.6 Å². The number of benzene rings is 1. The topological polar surface area (TPSA) is 113 Å². The van der Waals surface area contributed by atoms with E-state index in [4.69, 9.17) is 5.26 Å². The molecule has 0 unspecified atom stereocenters. The molecule has 136 valence electrons. The largest absolute Gasteiger partial charge is 0.296 e. The number of nitriles is 1. The third kappa shape index (κ3) is 5.18. The van der Waals surface area contributed by atoms with Crippen molar-refractivity contribution in [1.29, 1.82) is 5.26 Å². The SMILES string of the molecule is CC(C)CS(=O)(=O)c1nsc(NC(=O)/C(C#N)=C\c2ccc(F)cc2)n1. The van der Waals surface area contributed by atoms with Crippen molar-refractivity contribution in [2.45, 2.75) is 19.0 Å². The Hall–Kier alpha value is -2.64. The minimum atomic E-state index is -3.63. The van der Waals surface area contributed by atoms with E-state index < -0.39 is 21.6 Å². The van der Waals surface area contributed by atoms with Gasteiger partial charge in [-0.05, 0) is 29.7 Å². The second kappa shape index (κ2) is 8.16. The van der Waals surface area contributed by atoms with Gasteiger partial charge in [-0.3, -0.25) is 10.1 Å². The van der Waals surface area contributed by atoms with Gasteiger partial charge in [-0.25, -0.2) is 12.8 Å². The van der Waals surface area contributed by atoms with Gasteiger partial charge in [0.15, 0.2) is 0 Å². The summed E-state index contributed by atoms with van der Waals surface area (Å²) in [5.41, 5.74) is 0.231. The van der Waals surface area contributed by atoms with Crippen LogP contribution in [-0.2, 0) is 14.6 Å². The fraction of sp³-hybridized carbons (Fsp3) is 0.250. The van der Waals surface area contributed by atoms with Gasteiger partial charge < -0.3 is 0 Å². The van der Waals surface area contributed by atoms with Crippen LogP contribution in [0.2, 0.25) is 0 Å². The molecule has 0 saturated carbocycles. The van der Waals surface area contributed by atoms with E-state index in [1.165, 1.54) is 30.3 Å². The van der Waals surface area contributed by atoms with Gasteiger partial charge >= 0.3 is 0 Å². The second-order valence-electron chi connectivity index (χ2n) is 5.73. The maximum Gasteiger partial charge on any atom is 0.268 e. The maximum atomic E-state index is 12.9. The van der Waals surface area contributed by atoms with Crippen LogP contribution >= 0.6 is 11.5 Å². The Morgan fingerprint density at radius 1 is 1.38 bits per heavy atom. The number of halogens is 1. The van der Waals surface area contributed by atoms with Crippen LogP contribution in [0.1, 0.15) is 19.4 Å². The number of nitrogens with zero attached hydrogens (tertiary/aromatic N) is 3. The molecule has 2 rings (SSSR count). The Bertz CT molecular complexity index is 974. The minimum absolute atomic E-state index is 0.0300. The Labute approximate surface area is 154 Å². The van der Waals surface area contributed by atoms with Gasteiger partial charge in [-0.2, -0.15) is 14.6 Å². The highest BCUT2D eigenvalue weighted by atomic mass is 32.2. The molecule has 1 heterocycles.